The monoisotopic (exact) mass is 491 g/mol. The van der Waals surface area contributed by atoms with E-state index in [1.807, 2.05) is 30.3 Å². The molecular weight excluding hydrogens is 458 g/mol. The van der Waals surface area contributed by atoms with Crippen LogP contribution >= 0.6 is 11.9 Å². The second-order valence-corrected chi connectivity index (χ2v) is 8.70. The number of nitrogens with two attached hydrogens (primary N) is 1. The van der Waals surface area contributed by atoms with Gasteiger partial charge in [0.15, 0.2) is 12.0 Å². The second kappa shape index (κ2) is 12.9. The molecule has 10 heteroatoms. The van der Waals surface area contributed by atoms with Gasteiger partial charge >= 0.3 is 0 Å². The zero-order valence-corrected chi connectivity index (χ0v) is 20.2. The summed E-state index contributed by atoms with van der Waals surface area (Å²) >= 11 is 0.996. The van der Waals surface area contributed by atoms with Crippen LogP contribution in [0.1, 0.15) is 36.5 Å². The maximum atomic E-state index is 13.0. The van der Waals surface area contributed by atoms with Crippen LogP contribution in [0.25, 0.3) is 0 Å². The first-order valence-electron chi connectivity index (χ1n) is 11.3. The summed E-state index contributed by atoms with van der Waals surface area (Å²) in [6, 6.07) is 12.8. The lowest BCUT2D eigenvalue weighted by Gasteiger charge is -2.36. The van der Waals surface area contributed by atoms with Crippen LogP contribution in [0.15, 0.2) is 47.4 Å². The number of ether oxygens (including phenoxy) is 3. The number of aliphatic hydroxyl groups is 2. The molecule has 186 valence electrons. The fourth-order valence-corrected chi connectivity index (χ4v) is 4.07. The number of hydrogen-bond donors (Lipinski definition) is 5. The number of amides is 1. The molecule has 1 aliphatic rings. The van der Waals surface area contributed by atoms with Crippen molar-refractivity contribution in [1.29, 1.82) is 0 Å². The van der Waals surface area contributed by atoms with Crippen LogP contribution in [0.2, 0.25) is 0 Å². The second-order valence-electron chi connectivity index (χ2n) is 8.02. The Kier molecular flexibility index (Phi) is 10.00. The molecular formula is C24H33N3O6S. The standard InChI is InChI=1S/C24H33N3O6S/c1-3-4-10-26-17-11-15(12-21(34-25)22(17)32-16-8-6-5-7-9-16)23(30)27-14-20-18(28)13-19(29)24(31-2)33-20/h5-9,11-12,18-20,24,26,28-29H,3-4,10,13-14,25H2,1-2H3,(H,27,30)/t18?,19-,20+,24?/m0/s1. The van der Waals surface area contributed by atoms with Gasteiger partial charge in [0, 0.05) is 32.2 Å². The third kappa shape index (κ3) is 6.84. The Balaban J connectivity index is 1.78. The molecule has 34 heavy (non-hydrogen) atoms. The molecule has 1 amide bonds. The Morgan fingerprint density at radius 3 is 2.68 bits per heavy atom. The third-order valence-corrected chi connectivity index (χ3v) is 6.04. The largest absolute Gasteiger partial charge is 0.454 e. The first kappa shape index (κ1) is 26.3. The normalized spacial score (nSPS) is 22.3. The quantitative estimate of drug-likeness (QED) is 0.237. The Morgan fingerprint density at radius 1 is 1.24 bits per heavy atom. The number of methoxy groups -OCH3 is 1. The molecule has 9 nitrogen and oxygen atoms in total. The number of carbonyl (C=O) groups is 1. The van der Waals surface area contributed by atoms with Gasteiger partial charge in [0.05, 0.1) is 16.7 Å². The number of benzene rings is 2. The van der Waals surface area contributed by atoms with E-state index in [1.165, 1.54) is 7.11 Å². The average molecular weight is 492 g/mol. The smallest absolute Gasteiger partial charge is 0.251 e. The summed E-state index contributed by atoms with van der Waals surface area (Å²) in [6.07, 6.45) is -1.34. The average Bonchev–Trinajstić information content (AvgIpc) is 2.84. The van der Waals surface area contributed by atoms with E-state index in [0.29, 0.717) is 34.2 Å². The Hall–Kier alpha value is -2.34. The van der Waals surface area contributed by atoms with Crippen molar-refractivity contribution < 1.29 is 29.2 Å². The van der Waals surface area contributed by atoms with E-state index in [4.69, 9.17) is 19.3 Å². The number of rotatable bonds is 11. The first-order valence-corrected chi connectivity index (χ1v) is 12.2. The highest BCUT2D eigenvalue weighted by Gasteiger charge is 2.36. The van der Waals surface area contributed by atoms with Gasteiger partial charge in [-0.3, -0.25) is 9.93 Å². The van der Waals surface area contributed by atoms with Gasteiger partial charge in [0.2, 0.25) is 0 Å². The van der Waals surface area contributed by atoms with Crippen molar-refractivity contribution in [3.63, 3.8) is 0 Å². The highest BCUT2D eigenvalue weighted by molar-refractivity contribution is 7.97. The highest BCUT2D eigenvalue weighted by Crippen LogP contribution is 2.39. The van der Waals surface area contributed by atoms with E-state index in [9.17, 15) is 15.0 Å². The number of aliphatic hydroxyl groups excluding tert-OH is 2. The van der Waals surface area contributed by atoms with Gasteiger partial charge in [0.25, 0.3) is 5.91 Å². The molecule has 0 radical (unpaired) electrons. The summed E-state index contributed by atoms with van der Waals surface area (Å²) in [5.74, 6) is 0.858. The number of anilines is 1. The molecule has 6 N–H and O–H groups in total. The van der Waals surface area contributed by atoms with Gasteiger partial charge in [-0.05, 0) is 42.6 Å². The van der Waals surface area contributed by atoms with E-state index in [2.05, 4.69) is 17.6 Å². The fraction of sp³-hybridized carbons (Fsp3) is 0.458. The number of nitrogens with one attached hydrogen (secondary N) is 2. The molecule has 4 atom stereocenters. The minimum absolute atomic E-state index is 0.0541. The molecule has 2 aromatic rings. The molecule has 1 fully saturated rings. The molecule has 2 aromatic carbocycles. The molecule has 1 saturated heterocycles. The molecule has 0 aliphatic carbocycles. The molecule has 0 bridgehead atoms. The predicted molar refractivity (Wildman–Crippen MR) is 131 cm³/mol. The SMILES string of the molecule is CCCCNc1cc(C(=O)NC[C@H]2OC(OC)[C@@H](O)CC2O)cc(SN)c1Oc1ccccc1. The number of hydrogen-bond acceptors (Lipinski definition) is 9. The van der Waals surface area contributed by atoms with Crippen molar-refractivity contribution >= 4 is 23.5 Å². The lowest BCUT2D eigenvalue weighted by atomic mass is 10.0. The maximum Gasteiger partial charge on any atom is 0.251 e. The third-order valence-electron chi connectivity index (χ3n) is 5.48. The maximum absolute atomic E-state index is 13.0. The summed E-state index contributed by atoms with van der Waals surface area (Å²) in [5, 5.41) is 32.2. The van der Waals surface area contributed by atoms with E-state index >= 15 is 0 Å². The van der Waals surface area contributed by atoms with E-state index < -0.39 is 24.6 Å². The molecule has 0 spiro atoms. The summed E-state index contributed by atoms with van der Waals surface area (Å²) in [4.78, 5) is 13.6. The van der Waals surface area contributed by atoms with E-state index in [1.54, 1.807) is 12.1 Å². The minimum atomic E-state index is -0.926. The van der Waals surface area contributed by atoms with Gasteiger partial charge < -0.3 is 35.1 Å². The van der Waals surface area contributed by atoms with Crippen LogP contribution in [0, 0.1) is 0 Å². The Morgan fingerprint density at radius 2 is 2.00 bits per heavy atom. The Labute approximate surface area is 204 Å². The van der Waals surface area contributed by atoms with Crippen LogP contribution in [0.4, 0.5) is 5.69 Å². The molecule has 1 aliphatic heterocycles. The zero-order valence-electron chi connectivity index (χ0n) is 19.4. The fourth-order valence-electron chi connectivity index (χ4n) is 3.62. The van der Waals surface area contributed by atoms with E-state index in [0.717, 1.165) is 24.8 Å². The van der Waals surface area contributed by atoms with Crippen molar-refractivity contribution in [2.75, 3.05) is 25.5 Å². The lowest BCUT2D eigenvalue weighted by Crippen LogP contribution is -2.52. The van der Waals surface area contributed by atoms with Gasteiger partial charge in [-0.25, -0.2) is 0 Å². The minimum Gasteiger partial charge on any atom is -0.454 e. The number of para-hydroxylation sites is 1. The summed E-state index contributed by atoms with van der Waals surface area (Å²) in [7, 11) is 1.42. The molecule has 0 aromatic heterocycles. The topological polar surface area (TPSA) is 135 Å². The van der Waals surface area contributed by atoms with Crippen LogP contribution in [0.3, 0.4) is 0 Å². The zero-order chi connectivity index (χ0) is 24.5. The number of carbonyl (C=O) groups excluding carboxylic acids is 1. The summed E-state index contributed by atoms with van der Waals surface area (Å²) < 4.78 is 16.8. The number of unbranched alkanes of at least 4 members (excludes halogenated alkanes) is 1. The molecule has 1 heterocycles. The van der Waals surface area contributed by atoms with Crippen molar-refractivity contribution in [3.05, 3.63) is 48.0 Å². The summed E-state index contributed by atoms with van der Waals surface area (Å²) in [5.41, 5.74) is 1.05. The van der Waals surface area contributed by atoms with Crippen molar-refractivity contribution in [1.82, 2.24) is 5.32 Å². The molecule has 3 rings (SSSR count). The van der Waals surface area contributed by atoms with Crippen molar-refractivity contribution in [3.8, 4) is 11.5 Å². The van der Waals surface area contributed by atoms with Gasteiger partial charge in [-0.2, -0.15) is 0 Å². The lowest BCUT2D eigenvalue weighted by molar-refractivity contribution is -0.254. The van der Waals surface area contributed by atoms with Crippen LogP contribution in [0.5, 0.6) is 11.5 Å². The van der Waals surface area contributed by atoms with Gasteiger partial charge in [-0.1, -0.05) is 31.5 Å². The van der Waals surface area contributed by atoms with Crippen LogP contribution < -0.4 is 20.5 Å². The molecule has 2 unspecified atom stereocenters. The first-order chi connectivity index (χ1) is 16.5. The highest BCUT2D eigenvalue weighted by atomic mass is 32.2. The van der Waals surface area contributed by atoms with Crippen LogP contribution in [-0.4, -0.2) is 60.9 Å². The van der Waals surface area contributed by atoms with Crippen molar-refractivity contribution in [2.45, 2.75) is 55.7 Å². The summed E-state index contributed by atoms with van der Waals surface area (Å²) in [6.45, 7) is 2.87. The molecule has 0 saturated carbocycles. The predicted octanol–water partition coefficient (Wildman–Crippen LogP) is 2.87. The van der Waals surface area contributed by atoms with Gasteiger partial charge in [-0.15, -0.1) is 0 Å². The van der Waals surface area contributed by atoms with E-state index in [-0.39, 0.29) is 18.9 Å². The Bertz CT molecular complexity index is 932. The van der Waals surface area contributed by atoms with Crippen molar-refractivity contribution in [2.24, 2.45) is 5.14 Å². The van der Waals surface area contributed by atoms with Crippen LogP contribution in [-0.2, 0) is 9.47 Å². The van der Waals surface area contributed by atoms with Gasteiger partial charge in [0.1, 0.15) is 18.0 Å².